The largest absolute Gasteiger partial charge is 0.434 e. The fourth-order valence-electron chi connectivity index (χ4n) is 1.94. The molecule has 2 unspecified atom stereocenters. The van der Waals surface area contributed by atoms with Gasteiger partial charge in [-0.2, -0.15) is 8.78 Å². The normalized spacial score (nSPS) is 14.4. The van der Waals surface area contributed by atoms with E-state index >= 15 is 0 Å². The molecule has 0 heterocycles. The minimum Gasteiger partial charge on any atom is -0.434 e. The van der Waals surface area contributed by atoms with Crippen molar-refractivity contribution in [3.8, 4) is 5.75 Å². The molecule has 3 nitrogen and oxygen atoms in total. The van der Waals surface area contributed by atoms with E-state index in [0.717, 1.165) is 12.0 Å². The van der Waals surface area contributed by atoms with Crippen LogP contribution in [0.25, 0.3) is 0 Å². The molecule has 0 aromatic heterocycles. The summed E-state index contributed by atoms with van der Waals surface area (Å²) >= 11 is 0. The molecule has 19 heavy (non-hydrogen) atoms. The minimum atomic E-state index is -2.81. The summed E-state index contributed by atoms with van der Waals surface area (Å²) in [5, 5.41) is 3.34. The molecule has 0 saturated carbocycles. The Kier molecular flexibility index (Phi) is 6.73. The van der Waals surface area contributed by atoms with Crippen molar-refractivity contribution in [2.75, 3.05) is 13.7 Å². The van der Waals surface area contributed by atoms with Gasteiger partial charge in [-0.05, 0) is 26.3 Å². The highest BCUT2D eigenvalue weighted by molar-refractivity contribution is 5.35. The van der Waals surface area contributed by atoms with Crippen molar-refractivity contribution in [1.82, 2.24) is 5.32 Å². The predicted octanol–water partition coefficient (Wildman–Crippen LogP) is 3.36. The van der Waals surface area contributed by atoms with Gasteiger partial charge in [0, 0.05) is 31.4 Å². The molecule has 108 valence electrons. The number of rotatable bonds is 8. The molecule has 0 spiro atoms. The lowest BCUT2D eigenvalue weighted by atomic mass is 10.1. The summed E-state index contributed by atoms with van der Waals surface area (Å²) in [6, 6.07) is 7.00. The lowest BCUT2D eigenvalue weighted by Gasteiger charge is -2.22. The highest BCUT2D eigenvalue weighted by Crippen LogP contribution is 2.26. The van der Waals surface area contributed by atoms with E-state index in [4.69, 9.17) is 4.74 Å². The zero-order chi connectivity index (χ0) is 14.3. The number of para-hydroxylation sites is 1. The molecule has 0 radical (unpaired) electrons. The Balaban J connectivity index is 2.67. The number of methoxy groups -OCH3 is 1. The van der Waals surface area contributed by atoms with Crippen LogP contribution in [0.3, 0.4) is 0 Å². The van der Waals surface area contributed by atoms with Crippen molar-refractivity contribution in [2.24, 2.45) is 0 Å². The van der Waals surface area contributed by atoms with Crippen LogP contribution in [0.4, 0.5) is 8.78 Å². The van der Waals surface area contributed by atoms with Crippen LogP contribution in [0.5, 0.6) is 5.75 Å². The Labute approximate surface area is 112 Å². The fourth-order valence-corrected chi connectivity index (χ4v) is 1.94. The van der Waals surface area contributed by atoms with Gasteiger partial charge in [-0.15, -0.1) is 0 Å². The second kappa shape index (κ2) is 8.07. The highest BCUT2D eigenvalue weighted by Gasteiger charge is 2.15. The van der Waals surface area contributed by atoms with Gasteiger partial charge in [-0.3, -0.25) is 0 Å². The van der Waals surface area contributed by atoms with Crippen LogP contribution in [0.1, 0.15) is 31.9 Å². The monoisotopic (exact) mass is 273 g/mol. The number of alkyl halides is 2. The van der Waals surface area contributed by atoms with E-state index in [1.54, 1.807) is 25.3 Å². The summed E-state index contributed by atoms with van der Waals surface area (Å²) in [5.41, 5.74) is 0.729. The van der Waals surface area contributed by atoms with Crippen LogP contribution in [0.2, 0.25) is 0 Å². The predicted molar refractivity (Wildman–Crippen MR) is 70.6 cm³/mol. The second-order valence-corrected chi connectivity index (χ2v) is 4.49. The van der Waals surface area contributed by atoms with Gasteiger partial charge >= 0.3 is 6.61 Å². The van der Waals surface area contributed by atoms with Crippen LogP contribution in [-0.2, 0) is 4.74 Å². The summed E-state index contributed by atoms with van der Waals surface area (Å²) in [5.74, 6) is 0.219. The van der Waals surface area contributed by atoms with E-state index in [1.165, 1.54) is 0 Å². The molecule has 5 heteroatoms. The molecule has 1 aromatic carbocycles. The Hall–Kier alpha value is -1.20. The minimum absolute atomic E-state index is 0.0678. The van der Waals surface area contributed by atoms with E-state index < -0.39 is 6.61 Å². The van der Waals surface area contributed by atoms with E-state index in [1.807, 2.05) is 19.9 Å². The SMILES string of the molecule is COCCC(C)NC(C)c1ccccc1OC(F)F. The molecule has 2 atom stereocenters. The van der Waals surface area contributed by atoms with Crippen LogP contribution in [-0.4, -0.2) is 26.4 Å². The van der Waals surface area contributed by atoms with Gasteiger partial charge in [0.25, 0.3) is 0 Å². The van der Waals surface area contributed by atoms with Gasteiger partial charge in [-0.1, -0.05) is 18.2 Å². The first-order valence-corrected chi connectivity index (χ1v) is 6.33. The fraction of sp³-hybridized carbons (Fsp3) is 0.571. The molecule has 1 rings (SSSR count). The third-order valence-corrected chi connectivity index (χ3v) is 2.89. The first kappa shape index (κ1) is 15.9. The maximum Gasteiger partial charge on any atom is 0.387 e. The first-order valence-electron chi connectivity index (χ1n) is 6.33. The summed E-state index contributed by atoms with van der Waals surface area (Å²) in [6.07, 6.45) is 0.860. The van der Waals surface area contributed by atoms with Gasteiger partial charge in [0.15, 0.2) is 0 Å². The lowest BCUT2D eigenvalue weighted by Crippen LogP contribution is -2.30. The summed E-state index contributed by atoms with van der Waals surface area (Å²) < 4.78 is 34.2. The number of hydrogen-bond donors (Lipinski definition) is 1. The number of halogens is 2. The molecular formula is C14H21F2NO2. The Morgan fingerprint density at radius 2 is 1.89 bits per heavy atom. The van der Waals surface area contributed by atoms with Gasteiger partial charge in [0.2, 0.25) is 0 Å². The summed E-state index contributed by atoms with van der Waals surface area (Å²) in [6.45, 7) is 1.82. The van der Waals surface area contributed by atoms with Crippen molar-refractivity contribution in [3.05, 3.63) is 29.8 Å². The molecule has 0 aliphatic carbocycles. The first-order chi connectivity index (χ1) is 9.04. The Morgan fingerprint density at radius 1 is 1.21 bits per heavy atom. The third kappa shape index (κ3) is 5.53. The maximum atomic E-state index is 12.3. The van der Waals surface area contributed by atoms with Crippen molar-refractivity contribution in [2.45, 2.75) is 39.0 Å². The van der Waals surface area contributed by atoms with Crippen molar-refractivity contribution in [3.63, 3.8) is 0 Å². The van der Waals surface area contributed by atoms with E-state index in [2.05, 4.69) is 10.1 Å². The van der Waals surface area contributed by atoms with E-state index in [-0.39, 0.29) is 17.8 Å². The Bertz CT molecular complexity index is 374. The van der Waals surface area contributed by atoms with Crippen LogP contribution < -0.4 is 10.1 Å². The van der Waals surface area contributed by atoms with Crippen molar-refractivity contribution >= 4 is 0 Å². The topological polar surface area (TPSA) is 30.5 Å². The van der Waals surface area contributed by atoms with Crippen LogP contribution in [0, 0.1) is 0 Å². The lowest BCUT2D eigenvalue weighted by molar-refractivity contribution is -0.0506. The number of hydrogen-bond acceptors (Lipinski definition) is 3. The third-order valence-electron chi connectivity index (χ3n) is 2.89. The molecule has 0 fully saturated rings. The average molecular weight is 273 g/mol. The van der Waals surface area contributed by atoms with E-state index in [9.17, 15) is 8.78 Å². The molecule has 1 N–H and O–H groups in total. The average Bonchev–Trinajstić information content (AvgIpc) is 2.36. The second-order valence-electron chi connectivity index (χ2n) is 4.49. The van der Waals surface area contributed by atoms with Crippen LogP contribution >= 0.6 is 0 Å². The molecule has 0 aliphatic heterocycles. The summed E-state index contributed by atoms with van der Waals surface area (Å²) in [7, 11) is 1.65. The van der Waals surface area contributed by atoms with Crippen molar-refractivity contribution < 1.29 is 18.3 Å². The van der Waals surface area contributed by atoms with Gasteiger partial charge in [-0.25, -0.2) is 0 Å². The van der Waals surface area contributed by atoms with Gasteiger partial charge in [0.05, 0.1) is 0 Å². The number of nitrogens with one attached hydrogen (secondary N) is 1. The molecule has 1 aromatic rings. The van der Waals surface area contributed by atoms with Crippen molar-refractivity contribution in [1.29, 1.82) is 0 Å². The highest BCUT2D eigenvalue weighted by atomic mass is 19.3. The molecule has 0 aliphatic rings. The quantitative estimate of drug-likeness (QED) is 0.787. The zero-order valence-electron chi connectivity index (χ0n) is 11.5. The summed E-state index contributed by atoms with van der Waals surface area (Å²) in [4.78, 5) is 0. The van der Waals surface area contributed by atoms with Gasteiger partial charge < -0.3 is 14.8 Å². The smallest absolute Gasteiger partial charge is 0.387 e. The van der Waals surface area contributed by atoms with E-state index in [0.29, 0.717) is 6.61 Å². The molecule has 0 amide bonds. The maximum absolute atomic E-state index is 12.3. The van der Waals surface area contributed by atoms with Crippen LogP contribution in [0.15, 0.2) is 24.3 Å². The number of benzene rings is 1. The molecule has 0 saturated heterocycles. The molecule has 0 bridgehead atoms. The van der Waals surface area contributed by atoms with Gasteiger partial charge in [0.1, 0.15) is 5.75 Å². The molecular weight excluding hydrogens is 252 g/mol. The standard InChI is InChI=1S/C14H21F2NO2/c1-10(8-9-18-3)17-11(2)12-6-4-5-7-13(12)19-14(15)16/h4-7,10-11,14,17H,8-9H2,1-3H3. The number of ether oxygens (including phenoxy) is 2. The Morgan fingerprint density at radius 3 is 2.53 bits per heavy atom. The zero-order valence-corrected chi connectivity index (χ0v) is 11.5.